The van der Waals surface area contributed by atoms with Crippen LogP contribution >= 0.6 is 0 Å². The lowest BCUT2D eigenvalue weighted by Crippen LogP contribution is -2.28. The summed E-state index contributed by atoms with van der Waals surface area (Å²) in [6, 6.07) is 21.7. The maximum atomic E-state index is 13.3. The molecule has 0 aliphatic rings. The molecule has 0 spiro atoms. The third-order valence-electron chi connectivity index (χ3n) is 5.45. The zero-order chi connectivity index (χ0) is 21.7. The molecule has 0 aliphatic carbocycles. The fraction of sp³-hybridized carbons (Fsp3) is 0.222. The Hall–Kier alpha value is -3.33. The van der Waals surface area contributed by atoms with Gasteiger partial charge in [0.05, 0.1) is 13.2 Å². The Morgan fingerprint density at radius 2 is 1.53 bits per heavy atom. The summed E-state index contributed by atoms with van der Waals surface area (Å²) < 4.78 is 5.24. The van der Waals surface area contributed by atoms with Gasteiger partial charge in [-0.05, 0) is 79.3 Å². The molecule has 1 N–H and O–H groups in total. The van der Waals surface area contributed by atoms with E-state index in [1.54, 1.807) is 7.11 Å². The average molecular weight is 400 g/mol. The summed E-state index contributed by atoms with van der Waals surface area (Å²) in [5.74, 6) is 0.693. The third-order valence-corrected chi connectivity index (χ3v) is 5.45. The summed E-state index contributed by atoms with van der Waals surface area (Å²) in [5, 5.41) is 3.19. The zero-order valence-electron chi connectivity index (χ0n) is 18.3. The number of amides is 1. The highest BCUT2D eigenvalue weighted by Gasteiger charge is 2.17. The second-order valence-corrected chi connectivity index (χ2v) is 7.69. The van der Waals surface area contributed by atoms with E-state index in [0.29, 0.717) is 5.57 Å². The molecule has 0 unspecified atom stereocenters. The van der Waals surface area contributed by atoms with Gasteiger partial charge in [-0.2, -0.15) is 0 Å². The summed E-state index contributed by atoms with van der Waals surface area (Å²) in [4.78, 5) is 13.3. The van der Waals surface area contributed by atoms with Gasteiger partial charge in [0.1, 0.15) is 5.75 Å². The van der Waals surface area contributed by atoms with E-state index in [2.05, 4.69) is 38.2 Å². The van der Waals surface area contributed by atoms with Crippen molar-refractivity contribution >= 4 is 17.6 Å². The van der Waals surface area contributed by atoms with Crippen LogP contribution in [0.4, 0.5) is 0 Å². The zero-order valence-corrected chi connectivity index (χ0v) is 18.3. The highest BCUT2D eigenvalue weighted by Crippen LogP contribution is 2.25. The molecule has 30 heavy (non-hydrogen) atoms. The quantitative estimate of drug-likeness (QED) is 0.405. The molecule has 1 amide bonds. The van der Waals surface area contributed by atoms with Crippen molar-refractivity contribution in [3.05, 3.63) is 100 Å². The van der Waals surface area contributed by atoms with E-state index >= 15 is 0 Å². The third kappa shape index (κ3) is 4.98. The van der Waals surface area contributed by atoms with Crippen LogP contribution in [0.2, 0.25) is 0 Å². The molecule has 0 heterocycles. The first kappa shape index (κ1) is 21.4. The molecule has 3 aromatic rings. The van der Waals surface area contributed by atoms with Crippen LogP contribution in [-0.4, -0.2) is 13.0 Å². The summed E-state index contributed by atoms with van der Waals surface area (Å²) in [6.07, 6.45) is 1.92. The van der Waals surface area contributed by atoms with E-state index in [0.717, 1.165) is 22.4 Å². The Labute approximate surface area is 179 Å². The molecule has 154 valence electrons. The Bertz CT molecular complexity index is 1050. The largest absolute Gasteiger partial charge is 0.497 e. The van der Waals surface area contributed by atoms with Gasteiger partial charge in [0.15, 0.2) is 0 Å². The van der Waals surface area contributed by atoms with Crippen molar-refractivity contribution in [3.63, 3.8) is 0 Å². The number of nitrogens with one attached hydrogen (secondary N) is 1. The molecule has 0 aromatic heterocycles. The van der Waals surface area contributed by atoms with Gasteiger partial charge in [-0.3, -0.25) is 4.79 Å². The lowest BCUT2D eigenvalue weighted by Gasteiger charge is -2.19. The number of hydrogen-bond acceptors (Lipinski definition) is 2. The maximum absolute atomic E-state index is 13.3. The molecular formula is C27H29NO2. The Kier molecular flexibility index (Phi) is 6.73. The van der Waals surface area contributed by atoms with Gasteiger partial charge in [-0.1, -0.05) is 54.6 Å². The van der Waals surface area contributed by atoms with Gasteiger partial charge >= 0.3 is 0 Å². The normalized spacial score (nSPS) is 12.4. The van der Waals surface area contributed by atoms with E-state index in [1.807, 2.05) is 67.6 Å². The first-order valence-electron chi connectivity index (χ1n) is 10.2. The van der Waals surface area contributed by atoms with E-state index < -0.39 is 0 Å². The highest BCUT2D eigenvalue weighted by molar-refractivity contribution is 6.24. The van der Waals surface area contributed by atoms with E-state index in [-0.39, 0.29) is 11.9 Å². The molecule has 3 nitrogen and oxygen atoms in total. The fourth-order valence-corrected chi connectivity index (χ4v) is 3.57. The minimum Gasteiger partial charge on any atom is -0.497 e. The van der Waals surface area contributed by atoms with Crippen LogP contribution in [0.5, 0.6) is 5.75 Å². The van der Waals surface area contributed by atoms with E-state index in [9.17, 15) is 4.79 Å². The molecule has 3 aromatic carbocycles. The van der Waals surface area contributed by atoms with Gasteiger partial charge in [-0.25, -0.2) is 0 Å². The van der Waals surface area contributed by atoms with Crippen molar-refractivity contribution < 1.29 is 9.53 Å². The summed E-state index contributed by atoms with van der Waals surface area (Å²) in [6.45, 7) is 8.34. The first-order chi connectivity index (χ1) is 14.4. The molecule has 3 rings (SSSR count). The predicted molar refractivity (Wildman–Crippen MR) is 125 cm³/mol. The lowest BCUT2D eigenvalue weighted by molar-refractivity contribution is -0.116. The van der Waals surface area contributed by atoms with Gasteiger partial charge in [0.25, 0.3) is 5.91 Å². The smallest absolute Gasteiger partial charge is 0.252 e. The number of aryl methyl sites for hydroxylation is 3. The number of hydrogen-bond donors (Lipinski definition) is 1. The van der Waals surface area contributed by atoms with Crippen LogP contribution < -0.4 is 10.1 Å². The fourth-order valence-electron chi connectivity index (χ4n) is 3.57. The summed E-state index contributed by atoms with van der Waals surface area (Å²) in [7, 11) is 1.64. The molecular weight excluding hydrogens is 370 g/mol. The van der Waals surface area contributed by atoms with Crippen molar-refractivity contribution in [2.75, 3.05) is 7.11 Å². The van der Waals surface area contributed by atoms with Gasteiger partial charge < -0.3 is 10.1 Å². The van der Waals surface area contributed by atoms with Crippen LogP contribution in [0.25, 0.3) is 11.6 Å². The second-order valence-electron chi connectivity index (χ2n) is 7.69. The molecule has 0 fully saturated rings. The van der Waals surface area contributed by atoms with Crippen molar-refractivity contribution in [3.8, 4) is 5.75 Å². The van der Waals surface area contributed by atoms with Crippen molar-refractivity contribution in [2.45, 2.75) is 33.7 Å². The van der Waals surface area contributed by atoms with Crippen molar-refractivity contribution in [2.24, 2.45) is 0 Å². The SMILES string of the molecule is COc1ccc(/C=C(/C(=O)N[C@@H](C)c2cc(C)c(C)cc2C)c2ccccc2)cc1. The standard InChI is InChI=1S/C27H29NO2/c1-18-15-20(3)25(16-19(18)2)21(4)28-27(29)26(23-9-7-6-8-10-23)17-22-11-13-24(30-5)14-12-22/h6-17,21H,1-5H3,(H,28,29)/b26-17+/t21-/m0/s1. The average Bonchev–Trinajstić information content (AvgIpc) is 2.75. The van der Waals surface area contributed by atoms with Crippen LogP contribution in [0.15, 0.2) is 66.7 Å². The minimum absolute atomic E-state index is 0.0952. The lowest BCUT2D eigenvalue weighted by atomic mass is 9.95. The van der Waals surface area contributed by atoms with Crippen LogP contribution in [0, 0.1) is 20.8 Å². The topological polar surface area (TPSA) is 38.3 Å². The maximum Gasteiger partial charge on any atom is 0.252 e. The highest BCUT2D eigenvalue weighted by atomic mass is 16.5. The van der Waals surface area contributed by atoms with Gasteiger partial charge in [0, 0.05) is 5.57 Å². The number of rotatable bonds is 6. The molecule has 0 aliphatic heterocycles. The number of methoxy groups -OCH3 is 1. The monoisotopic (exact) mass is 399 g/mol. The van der Waals surface area contributed by atoms with Crippen LogP contribution in [0.3, 0.4) is 0 Å². The minimum atomic E-state index is -0.0974. The Balaban J connectivity index is 1.92. The number of carbonyl (C=O) groups excluding carboxylic acids is 1. The van der Waals surface area contributed by atoms with Crippen LogP contribution in [0.1, 0.15) is 46.3 Å². The number of benzene rings is 3. The molecule has 0 radical (unpaired) electrons. The van der Waals surface area contributed by atoms with E-state index in [4.69, 9.17) is 4.74 Å². The Morgan fingerprint density at radius 1 is 0.900 bits per heavy atom. The summed E-state index contributed by atoms with van der Waals surface area (Å²) in [5.41, 5.74) is 7.28. The van der Waals surface area contributed by atoms with E-state index in [1.165, 1.54) is 16.7 Å². The number of ether oxygens (including phenoxy) is 1. The van der Waals surface area contributed by atoms with Crippen molar-refractivity contribution in [1.29, 1.82) is 0 Å². The van der Waals surface area contributed by atoms with Crippen LogP contribution in [-0.2, 0) is 4.79 Å². The molecule has 0 saturated heterocycles. The molecule has 0 saturated carbocycles. The summed E-state index contributed by atoms with van der Waals surface area (Å²) >= 11 is 0. The first-order valence-corrected chi connectivity index (χ1v) is 10.2. The predicted octanol–water partition coefficient (Wildman–Crippen LogP) is 6.04. The molecule has 1 atom stereocenters. The van der Waals surface area contributed by atoms with Gasteiger partial charge in [0.2, 0.25) is 0 Å². The second kappa shape index (κ2) is 9.45. The molecule has 3 heteroatoms. The molecule has 0 bridgehead atoms. The number of carbonyl (C=O) groups is 1. The van der Waals surface area contributed by atoms with Gasteiger partial charge in [-0.15, -0.1) is 0 Å². The Morgan fingerprint density at radius 3 is 2.17 bits per heavy atom. The van der Waals surface area contributed by atoms with Crippen molar-refractivity contribution in [1.82, 2.24) is 5.32 Å².